The zero-order chi connectivity index (χ0) is 14.5. The normalized spacial score (nSPS) is 14.9. The zero-order valence-electron chi connectivity index (χ0n) is 11.7. The Morgan fingerprint density at radius 2 is 1.95 bits per heavy atom. The molecule has 0 saturated heterocycles. The highest BCUT2D eigenvalue weighted by atomic mass is 16.5. The van der Waals surface area contributed by atoms with E-state index < -0.39 is 0 Å². The summed E-state index contributed by atoms with van der Waals surface area (Å²) in [7, 11) is 0. The summed E-state index contributed by atoms with van der Waals surface area (Å²) in [5.41, 5.74) is 4.47. The van der Waals surface area contributed by atoms with Gasteiger partial charge in [0.2, 0.25) is 0 Å². The van der Waals surface area contributed by atoms with Crippen molar-refractivity contribution in [3.8, 4) is 11.5 Å². The molecule has 3 rings (SSSR count). The highest BCUT2D eigenvalue weighted by Crippen LogP contribution is 2.28. The minimum Gasteiger partial charge on any atom is -0.507 e. The van der Waals surface area contributed by atoms with Gasteiger partial charge >= 0.3 is 0 Å². The van der Waals surface area contributed by atoms with E-state index in [4.69, 9.17) is 4.74 Å². The molecular formula is C17H18N2O2. The number of anilines is 1. The van der Waals surface area contributed by atoms with Crippen molar-refractivity contribution >= 4 is 11.9 Å². The van der Waals surface area contributed by atoms with E-state index in [2.05, 4.69) is 10.5 Å². The molecule has 0 amide bonds. The van der Waals surface area contributed by atoms with Crippen molar-refractivity contribution in [2.45, 2.75) is 25.4 Å². The SMILES string of the molecule is Oc1cc(OC2CCC2)ccc1C=NNc1ccccc1. The van der Waals surface area contributed by atoms with Crippen LogP contribution in [0.15, 0.2) is 53.6 Å². The van der Waals surface area contributed by atoms with Crippen LogP contribution >= 0.6 is 0 Å². The second-order valence-electron chi connectivity index (χ2n) is 5.13. The molecule has 0 unspecified atom stereocenters. The van der Waals surface area contributed by atoms with Crippen LogP contribution in [-0.2, 0) is 0 Å². The Balaban J connectivity index is 1.62. The number of hydrogen-bond acceptors (Lipinski definition) is 4. The molecule has 0 atom stereocenters. The molecule has 1 aliphatic rings. The van der Waals surface area contributed by atoms with Crippen LogP contribution in [0.3, 0.4) is 0 Å². The van der Waals surface area contributed by atoms with Gasteiger partial charge in [-0.15, -0.1) is 0 Å². The van der Waals surface area contributed by atoms with Crippen LogP contribution in [-0.4, -0.2) is 17.4 Å². The van der Waals surface area contributed by atoms with Crippen molar-refractivity contribution in [2.75, 3.05) is 5.43 Å². The molecule has 2 N–H and O–H groups in total. The van der Waals surface area contributed by atoms with Gasteiger partial charge in [-0.05, 0) is 43.5 Å². The third-order valence-corrected chi connectivity index (χ3v) is 3.53. The van der Waals surface area contributed by atoms with Gasteiger partial charge in [0, 0.05) is 11.6 Å². The first kappa shape index (κ1) is 13.5. The number of nitrogens with zero attached hydrogens (tertiary/aromatic N) is 1. The summed E-state index contributed by atoms with van der Waals surface area (Å²) in [6, 6.07) is 15.0. The number of phenols is 1. The van der Waals surface area contributed by atoms with Gasteiger partial charge in [-0.1, -0.05) is 18.2 Å². The van der Waals surface area contributed by atoms with E-state index >= 15 is 0 Å². The molecule has 1 saturated carbocycles. The predicted octanol–water partition coefficient (Wildman–Crippen LogP) is 3.77. The summed E-state index contributed by atoms with van der Waals surface area (Å²) in [5.74, 6) is 0.885. The standard InChI is InChI=1S/C17H18N2O2/c20-17-11-16(21-15-7-4-8-15)10-9-13(17)12-18-19-14-5-2-1-3-6-14/h1-3,5-6,9-12,15,19-20H,4,7-8H2. The second-order valence-corrected chi connectivity index (χ2v) is 5.13. The van der Waals surface area contributed by atoms with Crippen LogP contribution in [0.5, 0.6) is 11.5 Å². The number of para-hydroxylation sites is 1. The van der Waals surface area contributed by atoms with Gasteiger partial charge in [-0.3, -0.25) is 5.43 Å². The Hall–Kier alpha value is -2.49. The molecule has 0 radical (unpaired) electrons. The molecule has 0 aromatic heterocycles. The van der Waals surface area contributed by atoms with E-state index in [1.54, 1.807) is 18.3 Å². The molecule has 4 nitrogen and oxygen atoms in total. The molecule has 1 fully saturated rings. The molecule has 4 heteroatoms. The first-order valence-electron chi connectivity index (χ1n) is 7.15. The summed E-state index contributed by atoms with van der Waals surface area (Å²) in [5, 5.41) is 14.1. The lowest BCUT2D eigenvalue weighted by Gasteiger charge is -2.26. The zero-order valence-corrected chi connectivity index (χ0v) is 11.7. The van der Waals surface area contributed by atoms with E-state index in [1.807, 2.05) is 36.4 Å². The molecule has 108 valence electrons. The number of aromatic hydroxyl groups is 1. The molecule has 0 spiro atoms. The topological polar surface area (TPSA) is 53.9 Å². The maximum atomic E-state index is 9.99. The lowest BCUT2D eigenvalue weighted by molar-refractivity contribution is 0.120. The van der Waals surface area contributed by atoms with Gasteiger partial charge < -0.3 is 9.84 Å². The van der Waals surface area contributed by atoms with E-state index in [1.165, 1.54) is 6.42 Å². The van der Waals surface area contributed by atoms with Crippen molar-refractivity contribution in [3.63, 3.8) is 0 Å². The average Bonchev–Trinajstić information content (AvgIpc) is 2.46. The van der Waals surface area contributed by atoms with E-state index in [0.717, 1.165) is 18.5 Å². The van der Waals surface area contributed by atoms with Crippen LogP contribution < -0.4 is 10.2 Å². The summed E-state index contributed by atoms with van der Waals surface area (Å²) < 4.78 is 5.74. The Bertz CT molecular complexity index is 622. The van der Waals surface area contributed by atoms with Gasteiger partial charge in [0.25, 0.3) is 0 Å². The fraction of sp³-hybridized carbons (Fsp3) is 0.235. The van der Waals surface area contributed by atoms with Crippen LogP contribution in [0.2, 0.25) is 0 Å². The molecule has 2 aromatic carbocycles. The summed E-state index contributed by atoms with van der Waals surface area (Å²) in [4.78, 5) is 0. The van der Waals surface area contributed by atoms with Gasteiger partial charge in [-0.25, -0.2) is 0 Å². The van der Waals surface area contributed by atoms with Gasteiger partial charge in [0.05, 0.1) is 18.0 Å². The maximum Gasteiger partial charge on any atom is 0.128 e. The first-order valence-corrected chi connectivity index (χ1v) is 7.15. The second kappa shape index (κ2) is 6.31. The minimum absolute atomic E-state index is 0.172. The summed E-state index contributed by atoms with van der Waals surface area (Å²) in [6.45, 7) is 0. The molecule has 0 bridgehead atoms. The molecule has 21 heavy (non-hydrogen) atoms. The van der Waals surface area contributed by atoms with Crippen LogP contribution in [0.4, 0.5) is 5.69 Å². The number of rotatable bonds is 5. The van der Waals surface area contributed by atoms with E-state index in [0.29, 0.717) is 17.4 Å². The maximum absolute atomic E-state index is 9.99. The monoisotopic (exact) mass is 282 g/mol. The number of hydrazone groups is 1. The molecule has 0 heterocycles. The molecule has 2 aromatic rings. The van der Waals surface area contributed by atoms with Crippen LogP contribution in [0.1, 0.15) is 24.8 Å². The molecular weight excluding hydrogens is 264 g/mol. The predicted molar refractivity (Wildman–Crippen MR) is 84.0 cm³/mol. The quantitative estimate of drug-likeness (QED) is 0.648. The number of phenolic OH excluding ortho intramolecular Hbond substituents is 1. The molecule has 1 aliphatic carbocycles. The van der Waals surface area contributed by atoms with E-state index in [9.17, 15) is 5.11 Å². The third kappa shape index (κ3) is 3.54. The van der Waals surface area contributed by atoms with Gasteiger partial charge in [-0.2, -0.15) is 5.10 Å². The van der Waals surface area contributed by atoms with Crippen molar-refractivity contribution in [2.24, 2.45) is 5.10 Å². The first-order chi connectivity index (χ1) is 10.3. The fourth-order valence-electron chi connectivity index (χ4n) is 2.08. The van der Waals surface area contributed by atoms with Gasteiger partial charge in [0.15, 0.2) is 0 Å². The van der Waals surface area contributed by atoms with Crippen molar-refractivity contribution in [1.29, 1.82) is 0 Å². The van der Waals surface area contributed by atoms with Crippen molar-refractivity contribution < 1.29 is 9.84 Å². The van der Waals surface area contributed by atoms with Crippen LogP contribution in [0, 0.1) is 0 Å². The highest BCUT2D eigenvalue weighted by molar-refractivity contribution is 5.84. The Kier molecular flexibility index (Phi) is 4.05. The summed E-state index contributed by atoms with van der Waals surface area (Å²) in [6.07, 6.45) is 5.33. The Morgan fingerprint density at radius 3 is 2.62 bits per heavy atom. The average molecular weight is 282 g/mol. The number of hydrogen-bond donors (Lipinski definition) is 2. The van der Waals surface area contributed by atoms with E-state index in [-0.39, 0.29) is 5.75 Å². The molecule has 0 aliphatic heterocycles. The lowest BCUT2D eigenvalue weighted by atomic mass is 9.96. The van der Waals surface area contributed by atoms with Gasteiger partial charge in [0.1, 0.15) is 11.5 Å². The fourth-order valence-corrected chi connectivity index (χ4v) is 2.08. The van der Waals surface area contributed by atoms with Crippen LogP contribution in [0.25, 0.3) is 0 Å². The van der Waals surface area contributed by atoms with Crippen molar-refractivity contribution in [3.05, 3.63) is 54.1 Å². The van der Waals surface area contributed by atoms with Crippen molar-refractivity contribution in [1.82, 2.24) is 0 Å². The Labute approximate surface area is 124 Å². The third-order valence-electron chi connectivity index (χ3n) is 3.53. The Morgan fingerprint density at radius 1 is 1.14 bits per heavy atom. The minimum atomic E-state index is 0.172. The number of benzene rings is 2. The summed E-state index contributed by atoms with van der Waals surface area (Å²) >= 11 is 0. The largest absolute Gasteiger partial charge is 0.507 e. The lowest BCUT2D eigenvalue weighted by Crippen LogP contribution is -2.24. The number of ether oxygens (including phenoxy) is 1. The smallest absolute Gasteiger partial charge is 0.128 e. The highest BCUT2D eigenvalue weighted by Gasteiger charge is 2.19. The number of nitrogens with one attached hydrogen (secondary N) is 1.